The smallest absolute Gasteiger partial charge is 0.253 e. The van der Waals surface area contributed by atoms with Crippen molar-refractivity contribution in [3.63, 3.8) is 0 Å². The summed E-state index contributed by atoms with van der Waals surface area (Å²) in [5.74, 6) is -0.308. The Hall–Kier alpha value is -2.77. The van der Waals surface area contributed by atoms with Gasteiger partial charge in [0.25, 0.3) is 5.91 Å². The second kappa shape index (κ2) is 7.42. The summed E-state index contributed by atoms with van der Waals surface area (Å²) in [5.41, 5.74) is 0.358. The van der Waals surface area contributed by atoms with Gasteiger partial charge in [-0.05, 0) is 31.4 Å². The van der Waals surface area contributed by atoms with Gasteiger partial charge in [0.1, 0.15) is 18.1 Å². The molecule has 0 radical (unpaired) electrons. The van der Waals surface area contributed by atoms with Gasteiger partial charge < -0.3 is 15.0 Å². The number of aldehydes is 1. The van der Waals surface area contributed by atoms with Gasteiger partial charge in [0, 0.05) is 31.6 Å². The maximum absolute atomic E-state index is 12.2. The lowest BCUT2D eigenvalue weighted by atomic mass is 9.99. The first-order valence-electron chi connectivity index (χ1n) is 8.37. The lowest BCUT2D eigenvalue weighted by molar-refractivity contribution is -0.134. The first-order valence-corrected chi connectivity index (χ1v) is 8.37. The molecule has 3 rings (SSSR count). The van der Waals surface area contributed by atoms with Crippen molar-refractivity contribution in [3.8, 4) is 0 Å². The Bertz CT molecular complexity index is 680. The van der Waals surface area contributed by atoms with Crippen LogP contribution in [0.4, 0.5) is 5.82 Å². The summed E-state index contributed by atoms with van der Waals surface area (Å²) in [5, 5.41) is 4.83. The van der Waals surface area contributed by atoms with E-state index in [1.54, 1.807) is 12.1 Å². The number of nitrogens with zero attached hydrogens (tertiary/aromatic N) is 2. The zero-order valence-electron chi connectivity index (χ0n) is 13.7. The molecule has 0 bridgehead atoms. The van der Waals surface area contributed by atoms with Crippen LogP contribution in [0, 0.1) is 5.92 Å². The van der Waals surface area contributed by atoms with Gasteiger partial charge in [-0.1, -0.05) is 0 Å². The normalized spacial score (nSPS) is 21.6. The zero-order valence-corrected chi connectivity index (χ0v) is 13.7. The highest BCUT2D eigenvalue weighted by molar-refractivity contribution is 6.03. The largest absolute Gasteiger partial charge is 0.357 e. The molecule has 8 heteroatoms. The van der Waals surface area contributed by atoms with Crippen molar-refractivity contribution in [2.75, 3.05) is 18.0 Å². The van der Waals surface area contributed by atoms with Crippen molar-refractivity contribution in [2.45, 2.75) is 31.7 Å². The first kappa shape index (κ1) is 17.1. The maximum Gasteiger partial charge on any atom is 0.253 e. The highest BCUT2D eigenvalue weighted by Gasteiger charge is 2.28. The van der Waals surface area contributed by atoms with Crippen LogP contribution in [0.25, 0.3) is 0 Å². The standard InChI is InChI=1S/C17H20N4O4/c22-10-11-5-7-21(8-6-11)14-3-1-12(9-18-14)16(24)19-13-2-4-15(23)20-17(13)25/h1,3,9-11,13H,2,4-8H2,(H,19,24)(H,20,23,25). The number of anilines is 1. The molecule has 8 nitrogen and oxygen atoms in total. The minimum Gasteiger partial charge on any atom is -0.357 e. The molecule has 1 aromatic heterocycles. The predicted molar refractivity (Wildman–Crippen MR) is 88.9 cm³/mol. The molecular formula is C17H20N4O4. The molecule has 3 amide bonds. The number of rotatable bonds is 4. The highest BCUT2D eigenvalue weighted by atomic mass is 16.2. The molecule has 2 N–H and O–H groups in total. The Balaban J connectivity index is 1.58. The van der Waals surface area contributed by atoms with Crippen LogP contribution < -0.4 is 15.5 Å². The Morgan fingerprint density at radius 1 is 1.24 bits per heavy atom. The quantitative estimate of drug-likeness (QED) is 0.589. The lowest BCUT2D eigenvalue weighted by Gasteiger charge is -2.30. The Kier molecular flexibility index (Phi) is 5.06. The topological polar surface area (TPSA) is 108 Å². The van der Waals surface area contributed by atoms with Crippen LogP contribution in [-0.2, 0) is 14.4 Å². The number of pyridine rings is 1. The van der Waals surface area contributed by atoms with Gasteiger partial charge in [0.05, 0.1) is 5.56 Å². The summed E-state index contributed by atoms with van der Waals surface area (Å²) in [7, 11) is 0. The number of amides is 3. The van der Waals surface area contributed by atoms with E-state index in [0.717, 1.165) is 38.0 Å². The summed E-state index contributed by atoms with van der Waals surface area (Å²) in [6, 6.07) is 2.72. The average Bonchev–Trinajstić information content (AvgIpc) is 2.64. The second-order valence-electron chi connectivity index (χ2n) is 6.34. The monoisotopic (exact) mass is 344 g/mol. The third kappa shape index (κ3) is 4.01. The van der Waals surface area contributed by atoms with Crippen LogP contribution in [0.1, 0.15) is 36.0 Å². The van der Waals surface area contributed by atoms with E-state index < -0.39 is 17.9 Å². The molecule has 0 spiro atoms. The summed E-state index contributed by atoms with van der Waals surface area (Å²) in [6.45, 7) is 1.52. The SMILES string of the molecule is O=CC1CCN(c2ccc(C(=O)NC3CCC(=O)NC3=O)cn2)CC1. The van der Waals surface area contributed by atoms with Gasteiger partial charge in [-0.2, -0.15) is 0 Å². The number of nitrogens with one attached hydrogen (secondary N) is 2. The molecule has 1 atom stereocenters. The summed E-state index contributed by atoms with van der Waals surface area (Å²) >= 11 is 0. The molecule has 1 unspecified atom stereocenters. The molecule has 3 heterocycles. The zero-order chi connectivity index (χ0) is 17.8. The molecule has 25 heavy (non-hydrogen) atoms. The lowest BCUT2D eigenvalue weighted by Crippen LogP contribution is -2.52. The van der Waals surface area contributed by atoms with Crippen molar-refractivity contribution in [1.29, 1.82) is 0 Å². The molecule has 2 aliphatic heterocycles. The molecule has 0 aliphatic carbocycles. The van der Waals surface area contributed by atoms with Gasteiger partial charge in [-0.25, -0.2) is 4.98 Å². The molecule has 2 aliphatic rings. The van der Waals surface area contributed by atoms with Crippen molar-refractivity contribution < 1.29 is 19.2 Å². The third-order valence-corrected chi connectivity index (χ3v) is 4.61. The van der Waals surface area contributed by atoms with E-state index in [9.17, 15) is 19.2 Å². The van der Waals surface area contributed by atoms with Crippen LogP contribution in [-0.4, -0.2) is 48.1 Å². The third-order valence-electron chi connectivity index (χ3n) is 4.61. The number of imide groups is 1. The number of piperidine rings is 2. The summed E-state index contributed by atoms with van der Waals surface area (Å²) < 4.78 is 0. The summed E-state index contributed by atoms with van der Waals surface area (Å²) in [6.07, 6.45) is 4.61. The van der Waals surface area contributed by atoms with Crippen molar-refractivity contribution in [3.05, 3.63) is 23.9 Å². The van der Waals surface area contributed by atoms with Gasteiger partial charge in [0.2, 0.25) is 11.8 Å². The van der Waals surface area contributed by atoms with Crippen molar-refractivity contribution >= 4 is 29.8 Å². The molecule has 2 fully saturated rings. The fraction of sp³-hybridized carbons (Fsp3) is 0.471. The number of carbonyl (C=O) groups excluding carboxylic acids is 4. The van der Waals surface area contributed by atoms with Gasteiger partial charge >= 0.3 is 0 Å². The fourth-order valence-corrected chi connectivity index (χ4v) is 3.04. The van der Waals surface area contributed by atoms with E-state index in [-0.39, 0.29) is 18.2 Å². The molecule has 2 saturated heterocycles. The molecule has 132 valence electrons. The predicted octanol–water partition coefficient (Wildman–Crippen LogP) is 0.0319. The van der Waals surface area contributed by atoms with Crippen LogP contribution in [0.5, 0.6) is 0 Å². The van der Waals surface area contributed by atoms with Crippen molar-refractivity contribution in [1.82, 2.24) is 15.6 Å². The van der Waals surface area contributed by atoms with E-state index in [2.05, 4.69) is 20.5 Å². The molecule has 0 saturated carbocycles. The van der Waals surface area contributed by atoms with Crippen LogP contribution in [0.3, 0.4) is 0 Å². The minimum atomic E-state index is -0.702. The number of hydrogen-bond donors (Lipinski definition) is 2. The van der Waals surface area contributed by atoms with Gasteiger partial charge in [-0.3, -0.25) is 19.7 Å². The average molecular weight is 344 g/mol. The molecular weight excluding hydrogens is 324 g/mol. The van der Waals surface area contributed by atoms with Crippen LogP contribution in [0.2, 0.25) is 0 Å². The van der Waals surface area contributed by atoms with Crippen LogP contribution in [0.15, 0.2) is 18.3 Å². The van der Waals surface area contributed by atoms with Crippen molar-refractivity contribution in [2.24, 2.45) is 5.92 Å². The van der Waals surface area contributed by atoms with Gasteiger partial charge in [0.15, 0.2) is 0 Å². The minimum absolute atomic E-state index is 0.120. The number of carbonyl (C=O) groups is 4. The number of hydrogen-bond acceptors (Lipinski definition) is 6. The van der Waals surface area contributed by atoms with Crippen LogP contribution >= 0.6 is 0 Å². The van der Waals surface area contributed by atoms with E-state index in [1.165, 1.54) is 6.20 Å². The summed E-state index contributed by atoms with van der Waals surface area (Å²) in [4.78, 5) is 52.3. The molecule has 0 aromatic carbocycles. The number of aromatic nitrogens is 1. The van der Waals surface area contributed by atoms with E-state index in [0.29, 0.717) is 12.0 Å². The molecule has 1 aromatic rings. The highest BCUT2D eigenvalue weighted by Crippen LogP contribution is 2.20. The Labute approximate surface area is 145 Å². The van der Waals surface area contributed by atoms with E-state index in [1.807, 2.05) is 0 Å². The fourth-order valence-electron chi connectivity index (χ4n) is 3.04. The van der Waals surface area contributed by atoms with E-state index >= 15 is 0 Å². The van der Waals surface area contributed by atoms with Gasteiger partial charge in [-0.15, -0.1) is 0 Å². The first-order chi connectivity index (χ1) is 12.1. The van der Waals surface area contributed by atoms with E-state index in [4.69, 9.17) is 0 Å². The Morgan fingerprint density at radius 3 is 2.60 bits per heavy atom. The second-order valence-corrected chi connectivity index (χ2v) is 6.34. The maximum atomic E-state index is 12.2. The Morgan fingerprint density at radius 2 is 2.00 bits per heavy atom.